The minimum atomic E-state index is -0.417. The number of anilines is 1. The summed E-state index contributed by atoms with van der Waals surface area (Å²) in [5.74, 6) is 0.427. The van der Waals surface area contributed by atoms with Gasteiger partial charge in [-0.2, -0.15) is 5.10 Å². The predicted octanol–water partition coefficient (Wildman–Crippen LogP) is 4.22. The van der Waals surface area contributed by atoms with Gasteiger partial charge in [0.05, 0.1) is 23.0 Å². The average Bonchev–Trinajstić information content (AvgIpc) is 3.00. The number of nitrogens with zero attached hydrogens (tertiary/aromatic N) is 1. The van der Waals surface area contributed by atoms with Crippen LogP contribution >= 0.6 is 0 Å². The molecule has 0 unspecified atom stereocenters. The highest BCUT2D eigenvalue weighted by atomic mass is 16.3. The van der Waals surface area contributed by atoms with Gasteiger partial charge in [0, 0.05) is 0 Å². The van der Waals surface area contributed by atoms with Gasteiger partial charge in [0.25, 0.3) is 11.8 Å². The lowest BCUT2D eigenvalue weighted by Gasteiger charge is -2.09. The van der Waals surface area contributed by atoms with Crippen molar-refractivity contribution >= 4 is 23.7 Å². The van der Waals surface area contributed by atoms with Crippen LogP contribution in [0.1, 0.15) is 43.4 Å². The largest absolute Gasteiger partial charge is 0.466 e. The molecule has 6 nitrogen and oxygen atoms in total. The molecule has 2 aromatic carbocycles. The molecule has 0 spiro atoms. The highest BCUT2D eigenvalue weighted by Gasteiger charge is 2.17. The number of para-hydroxylation sites is 1. The lowest BCUT2D eigenvalue weighted by atomic mass is 10.1. The van der Waals surface area contributed by atoms with Gasteiger partial charge in [0.2, 0.25) is 0 Å². The molecule has 2 amide bonds. The maximum Gasteiger partial charge on any atom is 0.273 e. The summed E-state index contributed by atoms with van der Waals surface area (Å²) in [7, 11) is 0. The first-order chi connectivity index (χ1) is 13.4. The van der Waals surface area contributed by atoms with Gasteiger partial charge < -0.3 is 9.73 Å². The Balaban J connectivity index is 1.73. The van der Waals surface area contributed by atoms with E-state index in [0.29, 0.717) is 28.3 Å². The lowest BCUT2D eigenvalue weighted by molar-refractivity contribution is 0.0956. The molecule has 6 heteroatoms. The Morgan fingerprint density at radius 1 is 0.929 bits per heavy atom. The summed E-state index contributed by atoms with van der Waals surface area (Å²) in [5, 5.41) is 6.77. The second-order valence-electron chi connectivity index (χ2n) is 6.44. The van der Waals surface area contributed by atoms with Crippen molar-refractivity contribution in [3.63, 3.8) is 0 Å². The van der Waals surface area contributed by atoms with Crippen LogP contribution in [0.15, 0.2) is 64.1 Å². The van der Waals surface area contributed by atoms with Crippen LogP contribution in [-0.4, -0.2) is 18.0 Å². The Labute approximate surface area is 163 Å². The van der Waals surface area contributed by atoms with Gasteiger partial charge >= 0.3 is 0 Å². The number of hydrazone groups is 1. The van der Waals surface area contributed by atoms with Crippen LogP contribution in [0.25, 0.3) is 0 Å². The van der Waals surface area contributed by atoms with Crippen molar-refractivity contribution in [2.45, 2.75) is 20.8 Å². The Morgan fingerprint density at radius 3 is 2.43 bits per heavy atom. The fraction of sp³-hybridized carbons (Fsp3) is 0.136. The summed E-state index contributed by atoms with van der Waals surface area (Å²) in [6, 6.07) is 16.2. The number of benzene rings is 2. The Kier molecular flexibility index (Phi) is 5.69. The standard InChI is InChI=1S/C22H21N3O3/c1-14-7-6-8-17(11-14)13-23-25-22(27)18-9-4-5-10-20(18)24-21(26)19-12-15(2)28-16(19)3/h4-13H,1-3H3,(H,24,26)(H,25,27)/b23-13+. The normalized spacial score (nSPS) is 10.8. The quantitative estimate of drug-likeness (QED) is 0.517. The number of aryl methyl sites for hydroxylation is 3. The zero-order valence-corrected chi connectivity index (χ0v) is 15.9. The Morgan fingerprint density at radius 2 is 1.71 bits per heavy atom. The molecule has 0 aliphatic heterocycles. The molecule has 0 atom stereocenters. The number of nitrogens with one attached hydrogen (secondary N) is 2. The van der Waals surface area contributed by atoms with Gasteiger partial charge in [-0.15, -0.1) is 0 Å². The first-order valence-electron chi connectivity index (χ1n) is 8.81. The van der Waals surface area contributed by atoms with Crippen LogP contribution in [0.5, 0.6) is 0 Å². The molecular weight excluding hydrogens is 354 g/mol. The van der Waals surface area contributed by atoms with Crippen molar-refractivity contribution in [2.24, 2.45) is 5.10 Å². The van der Waals surface area contributed by atoms with E-state index in [1.807, 2.05) is 31.2 Å². The Hall–Kier alpha value is -3.67. The summed E-state index contributed by atoms with van der Waals surface area (Å²) in [4.78, 5) is 25.0. The number of furan rings is 1. The molecule has 0 bridgehead atoms. The molecule has 28 heavy (non-hydrogen) atoms. The number of hydrogen-bond acceptors (Lipinski definition) is 4. The molecule has 3 rings (SSSR count). The van der Waals surface area contributed by atoms with Crippen molar-refractivity contribution in [1.29, 1.82) is 0 Å². The van der Waals surface area contributed by atoms with E-state index < -0.39 is 5.91 Å². The van der Waals surface area contributed by atoms with E-state index in [9.17, 15) is 9.59 Å². The first-order valence-corrected chi connectivity index (χ1v) is 8.81. The van der Waals surface area contributed by atoms with Gasteiger partial charge in [-0.1, -0.05) is 42.0 Å². The fourth-order valence-electron chi connectivity index (χ4n) is 2.81. The number of rotatable bonds is 5. The third-order valence-corrected chi connectivity index (χ3v) is 4.13. The van der Waals surface area contributed by atoms with E-state index in [1.54, 1.807) is 50.4 Å². The highest BCUT2D eigenvalue weighted by Crippen LogP contribution is 2.19. The number of carbonyl (C=O) groups is 2. The van der Waals surface area contributed by atoms with Crippen LogP contribution in [0.2, 0.25) is 0 Å². The number of carbonyl (C=O) groups excluding carboxylic acids is 2. The smallest absolute Gasteiger partial charge is 0.273 e. The second-order valence-corrected chi connectivity index (χ2v) is 6.44. The van der Waals surface area contributed by atoms with E-state index in [1.165, 1.54) is 0 Å². The molecule has 0 aliphatic carbocycles. The van der Waals surface area contributed by atoms with Crippen molar-refractivity contribution in [3.8, 4) is 0 Å². The average molecular weight is 375 g/mol. The van der Waals surface area contributed by atoms with E-state index in [0.717, 1.165) is 11.1 Å². The van der Waals surface area contributed by atoms with E-state index in [4.69, 9.17) is 4.42 Å². The number of hydrogen-bond donors (Lipinski definition) is 2. The summed E-state index contributed by atoms with van der Waals surface area (Å²) in [5.41, 5.74) is 5.63. The fourth-order valence-corrected chi connectivity index (χ4v) is 2.81. The minimum absolute atomic E-state index is 0.315. The SMILES string of the molecule is Cc1cccc(/C=N/NC(=O)c2ccccc2NC(=O)c2cc(C)oc2C)c1. The van der Waals surface area contributed by atoms with Crippen LogP contribution < -0.4 is 10.7 Å². The third kappa shape index (κ3) is 4.54. The van der Waals surface area contributed by atoms with Crippen molar-refractivity contribution < 1.29 is 14.0 Å². The Bertz CT molecular complexity index is 1050. The molecule has 2 N–H and O–H groups in total. The summed E-state index contributed by atoms with van der Waals surface area (Å²) < 4.78 is 5.40. The molecule has 0 saturated carbocycles. The van der Waals surface area contributed by atoms with Crippen molar-refractivity contribution in [1.82, 2.24) is 5.43 Å². The van der Waals surface area contributed by atoms with Gasteiger partial charge in [-0.25, -0.2) is 5.43 Å². The van der Waals surface area contributed by atoms with E-state index in [2.05, 4.69) is 15.8 Å². The maximum atomic E-state index is 12.5. The number of amides is 2. The molecule has 3 aromatic rings. The molecule has 0 saturated heterocycles. The van der Waals surface area contributed by atoms with Crippen LogP contribution in [0, 0.1) is 20.8 Å². The van der Waals surface area contributed by atoms with Gasteiger partial charge in [-0.3, -0.25) is 9.59 Å². The first kappa shape index (κ1) is 19.1. The summed E-state index contributed by atoms with van der Waals surface area (Å²) >= 11 is 0. The van der Waals surface area contributed by atoms with E-state index >= 15 is 0 Å². The molecule has 1 heterocycles. The van der Waals surface area contributed by atoms with Crippen LogP contribution in [0.4, 0.5) is 5.69 Å². The molecule has 0 fully saturated rings. The van der Waals surface area contributed by atoms with Crippen molar-refractivity contribution in [3.05, 3.63) is 88.4 Å². The van der Waals surface area contributed by atoms with Gasteiger partial charge in [-0.05, 0) is 44.5 Å². The monoisotopic (exact) mass is 375 g/mol. The van der Waals surface area contributed by atoms with E-state index in [-0.39, 0.29) is 5.91 Å². The second kappa shape index (κ2) is 8.35. The molecule has 1 aromatic heterocycles. The van der Waals surface area contributed by atoms with Gasteiger partial charge in [0.1, 0.15) is 11.5 Å². The van der Waals surface area contributed by atoms with Crippen LogP contribution in [0.3, 0.4) is 0 Å². The predicted molar refractivity (Wildman–Crippen MR) is 109 cm³/mol. The highest BCUT2D eigenvalue weighted by molar-refractivity contribution is 6.09. The zero-order chi connectivity index (χ0) is 20.1. The summed E-state index contributed by atoms with van der Waals surface area (Å²) in [6.45, 7) is 5.48. The third-order valence-electron chi connectivity index (χ3n) is 4.13. The topological polar surface area (TPSA) is 83.7 Å². The molecule has 0 radical (unpaired) electrons. The zero-order valence-electron chi connectivity index (χ0n) is 15.9. The maximum absolute atomic E-state index is 12.5. The molecule has 0 aliphatic rings. The van der Waals surface area contributed by atoms with Crippen molar-refractivity contribution in [2.75, 3.05) is 5.32 Å². The van der Waals surface area contributed by atoms with Gasteiger partial charge in [0.15, 0.2) is 0 Å². The molecule has 142 valence electrons. The summed E-state index contributed by atoms with van der Waals surface area (Å²) in [6.07, 6.45) is 1.57. The minimum Gasteiger partial charge on any atom is -0.466 e. The molecular formula is C22H21N3O3. The lowest BCUT2D eigenvalue weighted by Crippen LogP contribution is -2.21. The van der Waals surface area contributed by atoms with Crippen LogP contribution in [-0.2, 0) is 0 Å².